The average Bonchev–Trinajstić information content (AvgIpc) is 3.05. The van der Waals surface area contributed by atoms with Gasteiger partial charge in [0.05, 0.1) is 4.90 Å². The van der Waals surface area contributed by atoms with Crippen molar-refractivity contribution in [1.29, 1.82) is 0 Å². The summed E-state index contributed by atoms with van der Waals surface area (Å²) >= 11 is 5.86. The van der Waals surface area contributed by atoms with Gasteiger partial charge < -0.3 is 9.88 Å². The first-order chi connectivity index (χ1) is 13.8. The smallest absolute Gasteiger partial charge is 0.240 e. The number of amides is 1. The summed E-state index contributed by atoms with van der Waals surface area (Å²) in [5.41, 5.74) is 4.60. The summed E-state index contributed by atoms with van der Waals surface area (Å²) < 4.78 is 27.2. The Hall–Kier alpha value is -2.35. The summed E-state index contributed by atoms with van der Waals surface area (Å²) in [5.74, 6) is -0.0635. The first-order valence-electron chi connectivity index (χ1n) is 9.46. The van der Waals surface area contributed by atoms with Crippen molar-refractivity contribution in [3.8, 4) is 0 Å². The Bertz CT molecular complexity index is 1190. The Morgan fingerprint density at radius 3 is 2.86 bits per heavy atom. The fourth-order valence-electron chi connectivity index (χ4n) is 3.71. The lowest BCUT2D eigenvalue weighted by atomic mass is 10.0. The SMILES string of the molecule is Cc1ccc2[nH]c3c(c2c1)CN(C(=O)CCNS(=O)(=O)c1cccc(Cl)c1)CC3. The summed E-state index contributed by atoms with van der Waals surface area (Å²) in [7, 11) is -3.69. The number of benzene rings is 2. The van der Waals surface area contributed by atoms with E-state index in [0.717, 1.165) is 22.9 Å². The monoisotopic (exact) mass is 431 g/mol. The summed E-state index contributed by atoms with van der Waals surface area (Å²) in [5, 5.41) is 1.50. The minimum atomic E-state index is -3.69. The highest BCUT2D eigenvalue weighted by Gasteiger charge is 2.24. The predicted molar refractivity (Wildman–Crippen MR) is 113 cm³/mol. The van der Waals surface area contributed by atoms with Crippen LogP contribution >= 0.6 is 11.6 Å². The van der Waals surface area contributed by atoms with Crippen molar-refractivity contribution in [3.63, 3.8) is 0 Å². The van der Waals surface area contributed by atoms with E-state index in [0.29, 0.717) is 18.1 Å². The molecule has 0 saturated carbocycles. The Morgan fingerprint density at radius 2 is 2.07 bits per heavy atom. The molecule has 0 spiro atoms. The highest BCUT2D eigenvalue weighted by atomic mass is 35.5. The van der Waals surface area contributed by atoms with Crippen LogP contribution < -0.4 is 4.72 Å². The van der Waals surface area contributed by atoms with E-state index in [1.54, 1.807) is 17.0 Å². The number of fused-ring (bicyclic) bond motifs is 3. The van der Waals surface area contributed by atoms with Crippen molar-refractivity contribution in [3.05, 3.63) is 64.3 Å². The zero-order chi connectivity index (χ0) is 20.6. The summed E-state index contributed by atoms with van der Waals surface area (Å²) in [6, 6.07) is 12.3. The number of aryl methyl sites for hydroxylation is 1. The zero-order valence-electron chi connectivity index (χ0n) is 16.0. The topological polar surface area (TPSA) is 82.3 Å². The van der Waals surface area contributed by atoms with Gasteiger partial charge in [0.1, 0.15) is 0 Å². The molecule has 4 rings (SSSR count). The number of rotatable bonds is 5. The summed E-state index contributed by atoms with van der Waals surface area (Å²) in [6.07, 6.45) is 0.875. The van der Waals surface area contributed by atoms with E-state index in [2.05, 4.69) is 34.8 Å². The number of sulfonamides is 1. The molecule has 3 aromatic rings. The first kappa shape index (κ1) is 19.9. The van der Waals surface area contributed by atoms with Crippen LogP contribution in [0.15, 0.2) is 47.4 Å². The van der Waals surface area contributed by atoms with Crippen molar-refractivity contribution < 1.29 is 13.2 Å². The Morgan fingerprint density at radius 1 is 1.24 bits per heavy atom. The highest BCUT2D eigenvalue weighted by Crippen LogP contribution is 2.28. The Balaban J connectivity index is 1.40. The van der Waals surface area contributed by atoms with Crippen molar-refractivity contribution in [2.75, 3.05) is 13.1 Å². The van der Waals surface area contributed by atoms with E-state index < -0.39 is 10.0 Å². The predicted octanol–water partition coefficient (Wildman–Crippen LogP) is 3.38. The zero-order valence-corrected chi connectivity index (χ0v) is 17.6. The van der Waals surface area contributed by atoms with Crippen LogP contribution in [0.3, 0.4) is 0 Å². The van der Waals surface area contributed by atoms with E-state index in [1.807, 2.05) is 0 Å². The number of carbonyl (C=O) groups excluding carboxylic acids is 1. The molecule has 0 unspecified atom stereocenters. The minimum Gasteiger partial charge on any atom is -0.358 e. The van der Waals surface area contributed by atoms with Crippen LogP contribution in [0.1, 0.15) is 23.2 Å². The Kier molecular flexibility index (Phi) is 5.38. The first-order valence-corrected chi connectivity index (χ1v) is 11.3. The molecule has 152 valence electrons. The molecular formula is C21H22ClN3O3S. The molecule has 2 aromatic carbocycles. The molecular weight excluding hydrogens is 410 g/mol. The van der Waals surface area contributed by atoms with Gasteiger partial charge in [0.25, 0.3) is 0 Å². The molecule has 0 atom stereocenters. The molecule has 1 amide bonds. The second-order valence-corrected chi connectivity index (χ2v) is 9.50. The number of aromatic amines is 1. The summed E-state index contributed by atoms with van der Waals surface area (Å²) in [6.45, 7) is 3.26. The molecule has 1 aliphatic rings. The van der Waals surface area contributed by atoms with Gasteiger partial charge in [0, 0.05) is 59.7 Å². The molecule has 1 aliphatic heterocycles. The molecule has 2 N–H and O–H groups in total. The van der Waals surface area contributed by atoms with E-state index in [-0.39, 0.29) is 23.8 Å². The number of nitrogens with zero attached hydrogens (tertiary/aromatic N) is 1. The number of aromatic nitrogens is 1. The number of nitrogens with one attached hydrogen (secondary N) is 2. The average molecular weight is 432 g/mol. The third kappa shape index (κ3) is 4.17. The molecule has 0 radical (unpaired) electrons. The van der Waals surface area contributed by atoms with Crippen LogP contribution in [0.25, 0.3) is 10.9 Å². The largest absolute Gasteiger partial charge is 0.358 e. The third-order valence-electron chi connectivity index (χ3n) is 5.22. The van der Waals surface area contributed by atoms with E-state index in [1.165, 1.54) is 23.4 Å². The summed E-state index contributed by atoms with van der Waals surface area (Å²) in [4.78, 5) is 18.0. The number of hydrogen-bond donors (Lipinski definition) is 2. The molecule has 0 saturated heterocycles. The van der Waals surface area contributed by atoms with Crippen molar-refractivity contribution >= 4 is 38.4 Å². The van der Waals surface area contributed by atoms with E-state index >= 15 is 0 Å². The second-order valence-electron chi connectivity index (χ2n) is 7.30. The lowest BCUT2D eigenvalue weighted by molar-refractivity contribution is -0.131. The maximum absolute atomic E-state index is 12.7. The molecule has 0 aliphatic carbocycles. The lowest BCUT2D eigenvalue weighted by Crippen LogP contribution is -2.37. The minimum absolute atomic E-state index is 0.0457. The fraction of sp³-hybridized carbons (Fsp3) is 0.286. The molecule has 29 heavy (non-hydrogen) atoms. The van der Waals surface area contributed by atoms with Gasteiger partial charge in [0.2, 0.25) is 15.9 Å². The lowest BCUT2D eigenvalue weighted by Gasteiger charge is -2.27. The van der Waals surface area contributed by atoms with Crippen LogP contribution in [0, 0.1) is 6.92 Å². The molecule has 8 heteroatoms. The van der Waals surface area contributed by atoms with Crippen molar-refractivity contribution in [1.82, 2.24) is 14.6 Å². The molecule has 2 heterocycles. The van der Waals surface area contributed by atoms with E-state index in [9.17, 15) is 13.2 Å². The standard InChI is InChI=1S/C21H22ClN3O3S/c1-14-5-6-19-17(11-14)18-13-25(10-8-20(18)24-19)21(26)7-9-23-29(27,28)16-4-2-3-15(22)12-16/h2-6,11-12,23-24H,7-10,13H2,1H3. The van der Waals surface area contributed by atoms with Gasteiger partial charge >= 0.3 is 0 Å². The van der Waals surface area contributed by atoms with Crippen LogP contribution in [0.5, 0.6) is 0 Å². The van der Waals surface area contributed by atoms with Crippen LogP contribution in [-0.2, 0) is 27.8 Å². The Labute approximate surface area is 174 Å². The number of carbonyl (C=O) groups is 1. The van der Waals surface area contributed by atoms with Gasteiger partial charge in [-0.1, -0.05) is 29.3 Å². The van der Waals surface area contributed by atoms with Crippen molar-refractivity contribution in [2.45, 2.75) is 31.2 Å². The quantitative estimate of drug-likeness (QED) is 0.649. The second kappa shape index (κ2) is 7.82. The van der Waals surface area contributed by atoms with Gasteiger partial charge in [-0.15, -0.1) is 0 Å². The maximum Gasteiger partial charge on any atom is 0.240 e. The van der Waals surface area contributed by atoms with Gasteiger partial charge in [-0.3, -0.25) is 4.79 Å². The highest BCUT2D eigenvalue weighted by molar-refractivity contribution is 7.89. The normalized spacial score (nSPS) is 14.2. The molecule has 0 fully saturated rings. The fourth-order valence-corrected chi connectivity index (χ4v) is 5.04. The van der Waals surface area contributed by atoms with Crippen molar-refractivity contribution in [2.24, 2.45) is 0 Å². The maximum atomic E-state index is 12.7. The van der Waals surface area contributed by atoms with Gasteiger partial charge in [0.15, 0.2) is 0 Å². The molecule has 1 aromatic heterocycles. The van der Waals surface area contributed by atoms with Crippen LogP contribution in [-0.4, -0.2) is 37.3 Å². The van der Waals surface area contributed by atoms with Crippen LogP contribution in [0.4, 0.5) is 0 Å². The van der Waals surface area contributed by atoms with Gasteiger partial charge in [-0.2, -0.15) is 0 Å². The number of hydrogen-bond acceptors (Lipinski definition) is 3. The third-order valence-corrected chi connectivity index (χ3v) is 6.91. The molecule has 6 nitrogen and oxygen atoms in total. The van der Waals surface area contributed by atoms with E-state index in [4.69, 9.17) is 11.6 Å². The van der Waals surface area contributed by atoms with Gasteiger partial charge in [-0.05, 0) is 37.3 Å². The molecule has 0 bridgehead atoms. The number of H-pyrrole nitrogens is 1. The number of halogens is 1. The van der Waals surface area contributed by atoms with Crippen LogP contribution in [0.2, 0.25) is 5.02 Å². The van der Waals surface area contributed by atoms with Gasteiger partial charge in [-0.25, -0.2) is 13.1 Å².